The first kappa shape index (κ1) is 14.0. The predicted molar refractivity (Wildman–Crippen MR) is 74.7 cm³/mol. The number of benzene rings is 2. The molecule has 0 radical (unpaired) electrons. The SMILES string of the molecule is CNCc1cc(F)cc(OCc2ccccc2C#N)c1. The lowest BCUT2D eigenvalue weighted by molar-refractivity contribution is 0.304. The van der Waals surface area contributed by atoms with Crippen LogP contribution in [0.5, 0.6) is 5.75 Å². The maximum Gasteiger partial charge on any atom is 0.127 e. The Hall–Kier alpha value is -2.38. The van der Waals surface area contributed by atoms with Crippen molar-refractivity contribution in [2.24, 2.45) is 0 Å². The highest BCUT2D eigenvalue weighted by Gasteiger charge is 2.04. The van der Waals surface area contributed by atoms with Gasteiger partial charge in [0.25, 0.3) is 0 Å². The standard InChI is InChI=1S/C16H15FN2O/c1-19-10-12-6-15(17)8-16(7-12)20-11-14-5-3-2-4-13(14)9-18/h2-8,19H,10-11H2,1H3. The van der Waals surface area contributed by atoms with Gasteiger partial charge in [-0.3, -0.25) is 0 Å². The third-order valence-electron chi connectivity index (χ3n) is 2.84. The van der Waals surface area contributed by atoms with Gasteiger partial charge in [0, 0.05) is 18.2 Å². The van der Waals surface area contributed by atoms with E-state index >= 15 is 0 Å². The molecule has 2 rings (SSSR count). The minimum Gasteiger partial charge on any atom is -0.489 e. The molecule has 0 amide bonds. The second-order valence-electron chi connectivity index (χ2n) is 4.38. The molecule has 0 unspecified atom stereocenters. The highest BCUT2D eigenvalue weighted by atomic mass is 19.1. The zero-order valence-corrected chi connectivity index (χ0v) is 11.2. The summed E-state index contributed by atoms with van der Waals surface area (Å²) >= 11 is 0. The van der Waals surface area contributed by atoms with E-state index in [9.17, 15) is 4.39 Å². The Bertz CT molecular complexity index is 635. The van der Waals surface area contributed by atoms with E-state index in [1.807, 2.05) is 12.1 Å². The topological polar surface area (TPSA) is 45.0 Å². The van der Waals surface area contributed by atoms with Crippen molar-refractivity contribution in [3.05, 3.63) is 65.0 Å². The Balaban J connectivity index is 2.13. The number of nitrogens with one attached hydrogen (secondary N) is 1. The molecule has 0 saturated heterocycles. The molecule has 2 aromatic carbocycles. The highest BCUT2D eigenvalue weighted by Crippen LogP contribution is 2.18. The van der Waals surface area contributed by atoms with Crippen LogP contribution in [0.1, 0.15) is 16.7 Å². The Morgan fingerprint density at radius 1 is 1.25 bits per heavy atom. The Kier molecular flexibility index (Phi) is 4.70. The molecular formula is C16H15FN2O. The van der Waals surface area contributed by atoms with Crippen molar-refractivity contribution in [2.75, 3.05) is 7.05 Å². The van der Waals surface area contributed by atoms with Crippen molar-refractivity contribution < 1.29 is 9.13 Å². The van der Waals surface area contributed by atoms with Crippen LogP contribution in [0.15, 0.2) is 42.5 Å². The van der Waals surface area contributed by atoms with E-state index < -0.39 is 0 Å². The average molecular weight is 270 g/mol. The van der Waals surface area contributed by atoms with Crippen LogP contribution in [-0.2, 0) is 13.2 Å². The zero-order chi connectivity index (χ0) is 14.4. The number of hydrogen-bond acceptors (Lipinski definition) is 3. The number of nitrogens with zero attached hydrogens (tertiary/aromatic N) is 1. The minimum atomic E-state index is -0.332. The monoisotopic (exact) mass is 270 g/mol. The number of ether oxygens (including phenoxy) is 1. The van der Waals surface area contributed by atoms with Crippen LogP contribution in [-0.4, -0.2) is 7.05 Å². The Morgan fingerprint density at radius 2 is 2.05 bits per heavy atom. The molecule has 0 aliphatic heterocycles. The fraction of sp³-hybridized carbons (Fsp3) is 0.188. The summed E-state index contributed by atoms with van der Waals surface area (Å²) in [6.07, 6.45) is 0. The summed E-state index contributed by atoms with van der Waals surface area (Å²) in [5.74, 6) is 0.129. The number of rotatable bonds is 5. The van der Waals surface area contributed by atoms with E-state index in [4.69, 9.17) is 10.00 Å². The normalized spacial score (nSPS) is 10.1. The summed E-state index contributed by atoms with van der Waals surface area (Å²) in [7, 11) is 1.80. The third-order valence-corrected chi connectivity index (χ3v) is 2.84. The molecule has 20 heavy (non-hydrogen) atoms. The molecule has 0 atom stereocenters. The first-order valence-electron chi connectivity index (χ1n) is 6.28. The summed E-state index contributed by atoms with van der Waals surface area (Å²) in [4.78, 5) is 0. The van der Waals surface area contributed by atoms with Gasteiger partial charge < -0.3 is 10.1 Å². The van der Waals surface area contributed by atoms with Crippen LogP contribution in [0.25, 0.3) is 0 Å². The van der Waals surface area contributed by atoms with E-state index in [1.165, 1.54) is 12.1 Å². The Labute approximate surface area is 117 Å². The molecule has 3 nitrogen and oxygen atoms in total. The van der Waals surface area contributed by atoms with Crippen molar-refractivity contribution in [1.82, 2.24) is 5.32 Å². The molecule has 2 aromatic rings. The van der Waals surface area contributed by atoms with Gasteiger partial charge in [0.15, 0.2) is 0 Å². The fourth-order valence-corrected chi connectivity index (χ4v) is 1.93. The van der Waals surface area contributed by atoms with Gasteiger partial charge in [-0.15, -0.1) is 0 Å². The van der Waals surface area contributed by atoms with Gasteiger partial charge in [-0.05, 0) is 30.8 Å². The van der Waals surface area contributed by atoms with E-state index in [0.717, 1.165) is 11.1 Å². The van der Waals surface area contributed by atoms with E-state index in [2.05, 4.69) is 11.4 Å². The second-order valence-corrected chi connectivity index (χ2v) is 4.38. The van der Waals surface area contributed by atoms with Gasteiger partial charge in [0.05, 0.1) is 11.6 Å². The molecule has 0 spiro atoms. The number of halogens is 1. The molecule has 4 heteroatoms. The van der Waals surface area contributed by atoms with Crippen LogP contribution in [0.3, 0.4) is 0 Å². The molecule has 0 saturated carbocycles. The largest absolute Gasteiger partial charge is 0.489 e. The van der Waals surface area contributed by atoms with Gasteiger partial charge in [-0.25, -0.2) is 4.39 Å². The van der Waals surface area contributed by atoms with Gasteiger partial charge in [0.1, 0.15) is 18.2 Å². The molecule has 102 valence electrons. The van der Waals surface area contributed by atoms with Crippen molar-refractivity contribution in [3.63, 3.8) is 0 Å². The first-order valence-corrected chi connectivity index (χ1v) is 6.28. The smallest absolute Gasteiger partial charge is 0.127 e. The lowest BCUT2D eigenvalue weighted by Crippen LogP contribution is -2.06. The van der Waals surface area contributed by atoms with Crippen molar-refractivity contribution in [3.8, 4) is 11.8 Å². The lowest BCUT2D eigenvalue weighted by atomic mass is 10.1. The van der Waals surface area contributed by atoms with E-state index in [1.54, 1.807) is 25.2 Å². The summed E-state index contributed by atoms with van der Waals surface area (Å²) in [6.45, 7) is 0.815. The molecule has 0 aliphatic rings. The van der Waals surface area contributed by atoms with Crippen molar-refractivity contribution >= 4 is 0 Å². The van der Waals surface area contributed by atoms with Crippen LogP contribution in [0, 0.1) is 17.1 Å². The first-order chi connectivity index (χ1) is 9.72. The number of nitriles is 1. The molecule has 1 N–H and O–H groups in total. The quantitative estimate of drug-likeness (QED) is 0.908. The van der Waals surface area contributed by atoms with Crippen LogP contribution in [0.4, 0.5) is 4.39 Å². The second kappa shape index (κ2) is 6.69. The van der Waals surface area contributed by atoms with Crippen molar-refractivity contribution in [2.45, 2.75) is 13.2 Å². The third kappa shape index (κ3) is 3.56. The minimum absolute atomic E-state index is 0.242. The maximum atomic E-state index is 13.5. The highest BCUT2D eigenvalue weighted by molar-refractivity contribution is 5.37. The van der Waals surface area contributed by atoms with E-state index in [0.29, 0.717) is 17.9 Å². The van der Waals surface area contributed by atoms with Crippen molar-refractivity contribution in [1.29, 1.82) is 5.26 Å². The summed E-state index contributed by atoms with van der Waals surface area (Å²) < 4.78 is 19.0. The van der Waals surface area contributed by atoms with Gasteiger partial charge >= 0.3 is 0 Å². The van der Waals surface area contributed by atoms with Crippen LogP contribution < -0.4 is 10.1 Å². The molecule has 0 heterocycles. The lowest BCUT2D eigenvalue weighted by Gasteiger charge is -2.09. The predicted octanol–water partition coefficient (Wildman–Crippen LogP) is 3.00. The zero-order valence-electron chi connectivity index (χ0n) is 11.2. The Morgan fingerprint density at radius 3 is 2.80 bits per heavy atom. The van der Waals surface area contributed by atoms with Gasteiger partial charge in [0.2, 0.25) is 0 Å². The molecule has 0 fully saturated rings. The maximum absolute atomic E-state index is 13.5. The van der Waals surface area contributed by atoms with Crippen LogP contribution >= 0.6 is 0 Å². The van der Waals surface area contributed by atoms with Crippen LogP contribution in [0.2, 0.25) is 0 Å². The molecular weight excluding hydrogens is 255 g/mol. The number of hydrogen-bond donors (Lipinski definition) is 1. The average Bonchev–Trinajstić information content (AvgIpc) is 2.45. The summed E-state index contributed by atoms with van der Waals surface area (Å²) in [5, 5.41) is 12.0. The molecule has 0 aromatic heterocycles. The fourth-order valence-electron chi connectivity index (χ4n) is 1.93. The molecule has 0 aliphatic carbocycles. The van der Waals surface area contributed by atoms with Gasteiger partial charge in [-0.1, -0.05) is 18.2 Å². The summed E-state index contributed by atoms with van der Waals surface area (Å²) in [6, 6.07) is 13.9. The van der Waals surface area contributed by atoms with Gasteiger partial charge in [-0.2, -0.15) is 5.26 Å². The molecule has 0 bridgehead atoms. The summed E-state index contributed by atoms with van der Waals surface area (Å²) in [5.41, 5.74) is 2.17. The van der Waals surface area contributed by atoms with E-state index in [-0.39, 0.29) is 12.4 Å².